The number of hydrogen-bond donors (Lipinski definition) is 1. The topological polar surface area (TPSA) is 69.4 Å². The van der Waals surface area contributed by atoms with Crippen molar-refractivity contribution in [3.63, 3.8) is 0 Å². The zero-order chi connectivity index (χ0) is 19.7. The van der Waals surface area contributed by atoms with Gasteiger partial charge in [-0.25, -0.2) is 13.6 Å². The number of ether oxygens (including phenoxy) is 1. The molecule has 0 saturated carbocycles. The fourth-order valence-electron chi connectivity index (χ4n) is 3.59. The predicted molar refractivity (Wildman–Crippen MR) is 110 cm³/mol. The van der Waals surface area contributed by atoms with Crippen LogP contribution in [-0.2, 0) is 15.8 Å². The highest BCUT2D eigenvalue weighted by atomic mass is 32.2. The Balaban J connectivity index is 1.95. The van der Waals surface area contributed by atoms with Crippen LogP contribution < -0.4 is 9.88 Å². The number of sulfonamides is 1. The summed E-state index contributed by atoms with van der Waals surface area (Å²) in [7, 11) is -3.63. The van der Waals surface area contributed by atoms with Gasteiger partial charge < -0.3 is 4.74 Å². The molecule has 5 heteroatoms. The van der Waals surface area contributed by atoms with Gasteiger partial charge in [-0.2, -0.15) is 0 Å². The van der Waals surface area contributed by atoms with Crippen LogP contribution >= 0.6 is 0 Å². The van der Waals surface area contributed by atoms with Crippen molar-refractivity contribution >= 4 is 10.0 Å². The number of rotatable bonds is 3. The fraction of sp³-hybridized carbons (Fsp3) is 0.130. The van der Waals surface area contributed by atoms with Crippen LogP contribution in [0.4, 0.5) is 0 Å². The van der Waals surface area contributed by atoms with Gasteiger partial charge in [0.2, 0.25) is 10.0 Å². The molecule has 0 aliphatic carbocycles. The van der Waals surface area contributed by atoms with Gasteiger partial charge >= 0.3 is 0 Å². The summed E-state index contributed by atoms with van der Waals surface area (Å²) >= 11 is 0. The van der Waals surface area contributed by atoms with Crippen LogP contribution in [0.3, 0.4) is 0 Å². The van der Waals surface area contributed by atoms with Crippen molar-refractivity contribution in [2.24, 2.45) is 5.14 Å². The molecule has 1 aliphatic heterocycles. The van der Waals surface area contributed by atoms with Gasteiger partial charge in [0.05, 0.1) is 5.75 Å². The smallest absolute Gasteiger partial charge is 0.213 e. The van der Waals surface area contributed by atoms with E-state index in [4.69, 9.17) is 9.88 Å². The third-order valence-corrected chi connectivity index (χ3v) is 5.40. The number of benzene rings is 3. The van der Waals surface area contributed by atoms with E-state index in [-0.39, 0.29) is 11.9 Å². The maximum atomic E-state index is 11.6. The summed E-state index contributed by atoms with van der Waals surface area (Å²) in [6, 6.07) is 21.3. The Labute approximate surface area is 165 Å². The molecular weight excluding hydrogens is 370 g/mol. The van der Waals surface area contributed by atoms with Crippen molar-refractivity contribution in [3.05, 3.63) is 89.0 Å². The maximum absolute atomic E-state index is 11.6. The first kappa shape index (κ1) is 18.3. The minimum Gasteiger partial charge on any atom is -0.480 e. The molecule has 1 unspecified atom stereocenters. The van der Waals surface area contributed by atoms with Crippen molar-refractivity contribution in [1.29, 1.82) is 0 Å². The van der Waals surface area contributed by atoms with E-state index in [2.05, 4.69) is 11.8 Å². The Morgan fingerprint density at radius 3 is 2.54 bits per heavy atom. The van der Waals surface area contributed by atoms with E-state index < -0.39 is 10.0 Å². The zero-order valence-electron chi connectivity index (χ0n) is 15.3. The largest absolute Gasteiger partial charge is 0.480 e. The van der Waals surface area contributed by atoms with E-state index in [1.165, 1.54) is 0 Å². The van der Waals surface area contributed by atoms with E-state index in [0.717, 1.165) is 33.6 Å². The van der Waals surface area contributed by atoms with Gasteiger partial charge in [-0.3, -0.25) is 0 Å². The Bertz CT molecular complexity index is 1210. The monoisotopic (exact) mass is 389 g/mol. The Morgan fingerprint density at radius 1 is 1.04 bits per heavy atom. The minimum atomic E-state index is -3.63. The number of hydrogen-bond acceptors (Lipinski definition) is 3. The molecule has 1 aliphatic rings. The summed E-state index contributed by atoms with van der Waals surface area (Å²) in [6.07, 6.45) is -0.339. The van der Waals surface area contributed by atoms with E-state index in [9.17, 15) is 8.42 Å². The van der Waals surface area contributed by atoms with Gasteiger partial charge in [-0.15, -0.1) is 5.92 Å². The van der Waals surface area contributed by atoms with Crippen LogP contribution in [0.1, 0.15) is 35.3 Å². The highest BCUT2D eigenvalue weighted by Crippen LogP contribution is 2.46. The molecule has 0 bridgehead atoms. The van der Waals surface area contributed by atoms with E-state index in [1.54, 1.807) is 13.0 Å². The molecule has 28 heavy (non-hydrogen) atoms. The number of nitrogens with two attached hydrogens (primary N) is 1. The quantitative estimate of drug-likeness (QED) is 0.689. The van der Waals surface area contributed by atoms with Crippen LogP contribution in [0.15, 0.2) is 66.7 Å². The molecule has 3 aromatic carbocycles. The molecule has 4 rings (SSSR count). The average Bonchev–Trinajstić information content (AvgIpc) is 2.67. The Morgan fingerprint density at radius 2 is 1.82 bits per heavy atom. The predicted octanol–water partition coefficient (Wildman–Crippen LogP) is 4.00. The molecule has 0 fully saturated rings. The first-order valence-electron chi connectivity index (χ1n) is 8.87. The second-order valence-electron chi connectivity index (χ2n) is 6.69. The lowest BCUT2D eigenvalue weighted by Gasteiger charge is -2.30. The summed E-state index contributed by atoms with van der Waals surface area (Å²) in [5.74, 6) is 6.63. The molecule has 0 amide bonds. The van der Waals surface area contributed by atoms with Crippen LogP contribution in [0, 0.1) is 11.8 Å². The van der Waals surface area contributed by atoms with Gasteiger partial charge in [0.15, 0.2) is 0 Å². The number of primary sulfonamides is 1. The average molecular weight is 389 g/mol. The molecule has 0 spiro atoms. The SMILES string of the molecule is CC#Cc1cccc2c1-c1ccc(CS(N)(=O)=O)cc1C(c1ccccc1)O2. The van der Waals surface area contributed by atoms with Crippen LogP contribution in [-0.4, -0.2) is 8.42 Å². The lowest BCUT2D eigenvalue weighted by Crippen LogP contribution is -2.18. The number of fused-ring (bicyclic) bond motifs is 3. The third kappa shape index (κ3) is 3.53. The van der Waals surface area contributed by atoms with Crippen molar-refractivity contribution in [1.82, 2.24) is 0 Å². The molecule has 140 valence electrons. The fourth-order valence-corrected chi connectivity index (χ4v) is 4.23. The molecule has 0 aromatic heterocycles. The molecule has 2 N–H and O–H groups in total. The van der Waals surface area contributed by atoms with Gasteiger partial charge in [0, 0.05) is 16.7 Å². The highest BCUT2D eigenvalue weighted by molar-refractivity contribution is 7.88. The van der Waals surface area contributed by atoms with Gasteiger partial charge in [0.1, 0.15) is 11.9 Å². The van der Waals surface area contributed by atoms with Crippen molar-refractivity contribution in [3.8, 4) is 28.7 Å². The lowest BCUT2D eigenvalue weighted by atomic mass is 9.86. The Kier molecular flexibility index (Phi) is 4.68. The van der Waals surface area contributed by atoms with Crippen molar-refractivity contribution < 1.29 is 13.2 Å². The molecular formula is C23H19NO3S. The summed E-state index contributed by atoms with van der Waals surface area (Å²) in [6.45, 7) is 1.80. The first-order valence-corrected chi connectivity index (χ1v) is 10.6. The van der Waals surface area contributed by atoms with E-state index >= 15 is 0 Å². The normalized spacial score (nSPS) is 14.9. The Hall–Kier alpha value is -3.07. The van der Waals surface area contributed by atoms with E-state index in [0.29, 0.717) is 5.56 Å². The minimum absolute atomic E-state index is 0.217. The summed E-state index contributed by atoms with van der Waals surface area (Å²) in [5, 5.41) is 5.25. The van der Waals surface area contributed by atoms with E-state index in [1.807, 2.05) is 60.7 Å². The molecule has 0 saturated heterocycles. The van der Waals surface area contributed by atoms with Gasteiger partial charge in [-0.1, -0.05) is 60.5 Å². The van der Waals surface area contributed by atoms with Gasteiger partial charge in [0.25, 0.3) is 0 Å². The second kappa shape index (κ2) is 7.16. The van der Waals surface area contributed by atoms with Gasteiger partial charge in [-0.05, 0) is 35.7 Å². The highest BCUT2D eigenvalue weighted by Gasteiger charge is 2.29. The van der Waals surface area contributed by atoms with Crippen molar-refractivity contribution in [2.45, 2.75) is 18.8 Å². The lowest BCUT2D eigenvalue weighted by molar-refractivity contribution is 0.243. The summed E-state index contributed by atoms with van der Waals surface area (Å²) in [5.41, 5.74) is 5.34. The summed E-state index contributed by atoms with van der Waals surface area (Å²) in [4.78, 5) is 0. The molecule has 1 atom stereocenters. The molecule has 4 nitrogen and oxygen atoms in total. The first-order chi connectivity index (χ1) is 13.5. The van der Waals surface area contributed by atoms with Crippen molar-refractivity contribution in [2.75, 3.05) is 0 Å². The van der Waals surface area contributed by atoms with Crippen LogP contribution in [0.2, 0.25) is 0 Å². The third-order valence-electron chi connectivity index (χ3n) is 4.67. The van der Waals surface area contributed by atoms with Crippen LogP contribution in [0.25, 0.3) is 11.1 Å². The zero-order valence-corrected chi connectivity index (χ0v) is 16.2. The summed E-state index contributed by atoms with van der Waals surface area (Å²) < 4.78 is 29.5. The molecule has 1 heterocycles. The second-order valence-corrected chi connectivity index (χ2v) is 8.31. The molecule has 0 radical (unpaired) electrons. The van der Waals surface area contributed by atoms with Crippen LogP contribution in [0.5, 0.6) is 5.75 Å². The maximum Gasteiger partial charge on any atom is 0.213 e. The molecule has 3 aromatic rings. The standard InChI is InChI=1S/C23H19NO3S/c1-2-7-17-10-6-11-21-22(17)19-13-12-16(15-28(24,25)26)14-20(19)23(27-21)18-8-4-3-5-9-18/h3-6,8-14,23H,15H2,1H3,(H2,24,25,26).